The predicted octanol–water partition coefficient (Wildman–Crippen LogP) is 3.94. The van der Waals surface area contributed by atoms with Crippen molar-refractivity contribution >= 4 is 17.5 Å². The predicted molar refractivity (Wildman–Crippen MR) is 83.0 cm³/mol. The number of amides is 1. The van der Waals surface area contributed by atoms with E-state index in [1.54, 1.807) is 6.07 Å². The minimum Gasteiger partial charge on any atom is -0.355 e. The van der Waals surface area contributed by atoms with Gasteiger partial charge in [0, 0.05) is 17.1 Å². The van der Waals surface area contributed by atoms with E-state index in [-0.39, 0.29) is 28.8 Å². The molecule has 0 aromatic heterocycles. The van der Waals surface area contributed by atoms with E-state index in [2.05, 4.69) is 5.32 Å². The van der Waals surface area contributed by atoms with Gasteiger partial charge < -0.3 is 5.32 Å². The standard InChI is InChI=1S/C17H17ClFNO/c1-12(13-6-3-2-4-7-13)11-20-17(21)10-14-15(18)8-5-9-16(14)19/h2-9,12H,10-11H2,1H3,(H,20,21)/t12-/m0/s1. The molecule has 2 nitrogen and oxygen atoms in total. The zero-order chi connectivity index (χ0) is 15.2. The summed E-state index contributed by atoms with van der Waals surface area (Å²) in [5, 5.41) is 3.10. The van der Waals surface area contributed by atoms with Crippen molar-refractivity contribution in [3.05, 3.63) is 70.5 Å². The zero-order valence-corrected chi connectivity index (χ0v) is 12.5. The maximum Gasteiger partial charge on any atom is 0.224 e. The monoisotopic (exact) mass is 305 g/mol. The Hall–Kier alpha value is -1.87. The molecule has 2 aromatic rings. The number of rotatable bonds is 5. The highest BCUT2D eigenvalue weighted by Gasteiger charge is 2.13. The summed E-state index contributed by atoms with van der Waals surface area (Å²) in [6.07, 6.45) is -0.0486. The highest BCUT2D eigenvalue weighted by atomic mass is 35.5. The Morgan fingerprint density at radius 3 is 2.57 bits per heavy atom. The fourth-order valence-corrected chi connectivity index (χ4v) is 2.32. The lowest BCUT2D eigenvalue weighted by Gasteiger charge is -2.13. The van der Waals surface area contributed by atoms with Gasteiger partial charge in [0.2, 0.25) is 5.91 Å². The zero-order valence-electron chi connectivity index (χ0n) is 11.8. The van der Waals surface area contributed by atoms with Crippen LogP contribution in [0.5, 0.6) is 0 Å². The molecule has 110 valence electrons. The molecule has 1 amide bonds. The summed E-state index contributed by atoms with van der Waals surface area (Å²) in [5.41, 5.74) is 1.39. The summed E-state index contributed by atoms with van der Waals surface area (Å²) in [4.78, 5) is 11.9. The first-order valence-electron chi connectivity index (χ1n) is 6.82. The first kappa shape index (κ1) is 15.5. The number of halogens is 2. The highest BCUT2D eigenvalue weighted by molar-refractivity contribution is 6.31. The lowest BCUT2D eigenvalue weighted by Crippen LogP contribution is -2.29. The van der Waals surface area contributed by atoms with Crippen LogP contribution in [0.4, 0.5) is 4.39 Å². The van der Waals surface area contributed by atoms with Crippen LogP contribution in [0.25, 0.3) is 0 Å². The molecule has 0 fully saturated rings. The van der Waals surface area contributed by atoms with Crippen LogP contribution in [0, 0.1) is 5.82 Å². The minimum absolute atomic E-state index is 0.0486. The van der Waals surface area contributed by atoms with E-state index in [9.17, 15) is 9.18 Å². The molecule has 2 rings (SSSR count). The Balaban J connectivity index is 1.91. The fourth-order valence-electron chi connectivity index (χ4n) is 2.09. The third-order valence-corrected chi connectivity index (χ3v) is 3.73. The molecule has 0 unspecified atom stereocenters. The third-order valence-electron chi connectivity index (χ3n) is 3.37. The van der Waals surface area contributed by atoms with Crippen molar-refractivity contribution in [3.63, 3.8) is 0 Å². The Morgan fingerprint density at radius 2 is 1.90 bits per heavy atom. The fraction of sp³-hybridized carbons (Fsp3) is 0.235. The van der Waals surface area contributed by atoms with Gasteiger partial charge in [-0.2, -0.15) is 0 Å². The van der Waals surface area contributed by atoms with Crippen LogP contribution in [-0.2, 0) is 11.2 Å². The van der Waals surface area contributed by atoms with Crippen LogP contribution in [0.1, 0.15) is 24.0 Å². The molecule has 0 aliphatic rings. The van der Waals surface area contributed by atoms with Gasteiger partial charge in [0.25, 0.3) is 0 Å². The highest BCUT2D eigenvalue weighted by Crippen LogP contribution is 2.19. The molecule has 0 heterocycles. The molecule has 0 aliphatic carbocycles. The van der Waals surface area contributed by atoms with Gasteiger partial charge in [-0.05, 0) is 23.6 Å². The normalized spacial score (nSPS) is 12.0. The second kappa shape index (κ2) is 7.23. The van der Waals surface area contributed by atoms with Crippen molar-refractivity contribution < 1.29 is 9.18 Å². The van der Waals surface area contributed by atoms with Crippen molar-refractivity contribution in [1.82, 2.24) is 5.32 Å². The van der Waals surface area contributed by atoms with Crippen molar-refractivity contribution in [2.75, 3.05) is 6.54 Å². The molecule has 2 aromatic carbocycles. The summed E-state index contributed by atoms with van der Waals surface area (Å²) >= 11 is 5.91. The lowest BCUT2D eigenvalue weighted by atomic mass is 10.0. The van der Waals surface area contributed by atoms with Gasteiger partial charge in [-0.1, -0.05) is 54.9 Å². The number of hydrogen-bond acceptors (Lipinski definition) is 1. The van der Waals surface area contributed by atoms with Gasteiger partial charge in [-0.15, -0.1) is 0 Å². The third kappa shape index (κ3) is 4.30. The van der Waals surface area contributed by atoms with Crippen molar-refractivity contribution in [3.8, 4) is 0 Å². The Bertz CT molecular complexity index is 595. The van der Waals surface area contributed by atoms with Crippen LogP contribution in [-0.4, -0.2) is 12.5 Å². The van der Waals surface area contributed by atoms with Crippen LogP contribution >= 0.6 is 11.6 Å². The Morgan fingerprint density at radius 1 is 1.19 bits per heavy atom. The van der Waals surface area contributed by atoms with Crippen molar-refractivity contribution in [1.29, 1.82) is 0 Å². The van der Waals surface area contributed by atoms with Crippen LogP contribution in [0.2, 0.25) is 5.02 Å². The second-order valence-corrected chi connectivity index (χ2v) is 5.40. The maximum absolute atomic E-state index is 13.6. The second-order valence-electron chi connectivity index (χ2n) is 4.99. The average Bonchev–Trinajstić information content (AvgIpc) is 2.49. The van der Waals surface area contributed by atoms with Crippen LogP contribution in [0.15, 0.2) is 48.5 Å². The van der Waals surface area contributed by atoms with E-state index in [1.807, 2.05) is 37.3 Å². The molecule has 0 radical (unpaired) electrons. The first-order valence-corrected chi connectivity index (χ1v) is 7.20. The first-order chi connectivity index (χ1) is 10.1. The topological polar surface area (TPSA) is 29.1 Å². The Kier molecular flexibility index (Phi) is 5.34. The summed E-state index contributed by atoms with van der Waals surface area (Å²) < 4.78 is 13.6. The number of carbonyl (C=O) groups excluding carboxylic acids is 1. The molecule has 4 heteroatoms. The summed E-state index contributed by atoms with van der Waals surface area (Å²) in [5.74, 6) is -0.482. The molecule has 0 aliphatic heterocycles. The molecule has 0 saturated heterocycles. The molecule has 0 saturated carbocycles. The van der Waals surface area contributed by atoms with E-state index in [0.717, 1.165) is 5.56 Å². The SMILES string of the molecule is C[C@@H](CNC(=O)Cc1c(F)cccc1Cl)c1ccccc1. The molecule has 1 N–H and O–H groups in total. The average molecular weight is 306 g/mol. The van der Waals surface area contributed by atoms with E-state index < -0.39 is 5.82 Å². The summed E-state index contributed by atoms with van der Waals surface area (Å²) in [7, 11) is 0. The van der Waals surface area contributed by atoms with E-state index in [1.165, 1.54) is 12.1 Å². The van der Waals surface area contributed by atoms with Gasteiger partial charge in [0.15, 0.2) is 0 Å². The Labute approximate surface area is 128 Å². The van der Waals surface area contributed by atoms with Crippen molar-refractivity contribution in [2.45, 2.75) is 19.3 Å². The van der Waals surface area contributed by atoms with Gasteiger partial charge >= 0.3 is 0 Å². The van der Waals surface area contributed by atoms with Gasteiger partial charge in [-0.25, -0.2) is 4.39 Å². The van der Waals surface area contributed by atoms with E-state index in [4.69, 9.17) is 11.6 Å². The van der Waals surface area contributed by atoms with Gasteiger partial charge in [-0.3, -0.25) is 4.79 Å². The lowest BCUT2D eigenvalue weighted by molar-refractivity contribution is -0.120. The van der Waals surface area contributed by atoms with Crippen molar-refractivity contribution in [2.24, 2.45) is 0 Å². The van der Waals surface area contributed by atoms with Gasteiger partial charge in [0.05, 0.1) is 6.42 Å². The minimum atomic E-state index is -0.450. The molecular formula is C17H17ClFNO. The molecular weight excluding hydrogens is 289 g/mol. The van der Waals surface area contributed by atoms with Crippen LogP contribution in [0.3, 0.4) is 0 Å². The molecule has 0 bridgehead atoms. The number of nitrogens with one attached hydrogen (secondary N) is 1. The quantitative estimate of drug-likeness (QED) is 0.890. The van der Waals surface area contributed by atoms with Crippen LogP contribution < -0.4 is 5.32 Å². The summed E-state index contributed by atoms with van der Waals surface area (Å²) in [6.45, 7) is 2.54. The van der Waals surface area contributed by atoms with E-state index >= 15 is 0 Å². The van der Waals surface area contributed by atoms with Gasteiger partial charge in [0.1, 0.15) is 5.82 Å². The smallest absolute Gasteiger partial charge is 0.224 e. The number of carbonyl (C=O) groups is 1. The molecule has 21 heavy (non-hydrogen) atoms. The van der Waals surface area contributed by atoms with E-state index in [0.29, 0.717) is 6.54 Å². The maximum atomic E-state index is 13.6. The largest absolute Gasteiger partial charge is 0.355 e. The molecule has 0 spiro atoms. The number of hydrogen-bond donors (Lipinski definition) is 1. The summed E-state index contributed by atoms with van der Waals surface area (Å²) in [6, 6.07) is 14.3. The number of benzene rings is 2. The molecule has 1 atom stereocenters.